The number of amides is 4. The number of alkyl carbamates (subject to hydrolysis) is 1. The van der Waals surface area contributed by atoms with Crippen molar-refractivity contribution in [1.82, 2.24) is 36.0 Å². The van der Waals surface area contributed by atoms with Crippen molar-refractivity contribution < 1.29 is 97.0 Å². The zero-order valence-electron chi connectivity index (χ0n) is 58.7. The molecular weight excluding hydrogens is 1370 g/mol. The average Bonchev–Trinajstić information content (AvgIpc) is 1.63. The number of rotatable bonds is 48. The number of nitrogens with one attached hydrogen (secondary N) is 4. The van der Waals surface area contributed by atoms with E-state index in [4.69, 9.17) is 22.2 Å². The second-order valence-electron chi connectivity index (χ2n) is 25.9. The Bertz CT molecular complexity index is 3250. The summed E-state index contributed by atoms with van der Waals surface area (Å²) in [6.45, 7) is 12.0. The number of phenolic OH excluding ortho intramolecular Hbond substituents is 1. The lowest BCUT2D eigenvalue weighted by Crippen LogP contribution is -2.50. The molecule has 1 unspecified atom stereocenters. The lowest BCUT2D eigenvalue weighted by atomic mass is 9.82. The van der Waals surface area contributed by atoms with Crippen molar-refractivity contribution in [2.45, 2.75) is 188 Å². The number of hydrogen-bond donors (Lipinski definition) is 8. The molecule has 3 aromatic rings. The Labute approximate surface area is 603 Å². The fraction of sp³-hybridized carbons (Fsp3) is 0.600. The van der Waals surface area contributed by atoms with Gasteiger partial charge < -0.3 is 60.7 Å². The molecule has 11 atom stereocenters. The number of piperidine rings is 1. The molecule has 1 saturated heterocycles. The van der Waals surface area contributed by atoms with E-state index >= 15 is 4.79 Å². The summed E-state index contributed by atoms with van der Waals surface area (Å²) in [5.41, 5.74) is 1.24. The molecule has 31 heteroatoms. The van der Waals surface area contributed by atoms with Gasteiger partial charge in [0.1, 0.15) is 28.8 Å². The molecule has 0 saturated carbocycles. The second-order valence-corrected chi connectivity index (χ2v) is 29.4. The zero-order chi connectivity index (χ0) is 74.9. The lowest BCUT2D eigenvalue weighted by molar-refractivity contribution is -0.162. The molecule has 1 aliphatic heterocycles. The van der Waals surface area contributed by atoms with Gasteiger partial charge in [0.15, 0.2) is 38.2 Å². The zero-order valence-corrected chi connectivity index (χ0v) is 61.2. The Kier molecular flexibility index (Phi) is 37.8. The minimum Gasteiger partial charge on any atom is -0.508 e. The predicted octanol–water partition coefficient (Wildman–Crippen LogP) is 7.49. The molecule has 1 aromatic heterocycles. The third-order valence-corrected chi connectivity index (χ3v) is 21.0. The number of carbonyl (C=O) groups is 13. The first-order chi connectivity index (χ1) is 47.9. The molecule has 4 amide bonds. The van der Waals surface area contributed by atoms with Gasteiger partial charge in [0.05, 0.1) is 42.9 Å². The minimum atomic E-state index is -1.45. The minimum absolute atomic E-state index is 0.00532. The van der Waals surface area contributed by atoms with Crippen LogP contribution < -0.4 is 21.2 Å². The van der Waals surface area contributed by atoms with E-state index in [1.807, 2.05) is 46.6 Å². The van der Waals surface area contributed by atoms with Crippen molar-refractivity contribution in [1.29, 1.82) is 0 Å². The molecule has 0 bridgehead atoms. The van der Waals surface area contributed by atoms with E-state index in [-0.39, 0.29) is 115 Å². The lowest BCUT2D eigenvalue weighted by Gasteiger charge is -2.39. The highest BCUT2D eigenvalue weighted by atomic mass is 33.1. The van der Waals surface area contributed by atoms with Crippen molar-refractivity contribution in [3.63, 3.8) is 0 Å². The third kappa shape index (κ3) is 30.4. The number of phenols is 1. The number of aliphatic carboxylic acids is 3. The molecule has 554 valence electrons. The van der Waals surface area contributed by atoms with Crippen LogP contribution in [0.2, 0.25) is 0 Å². The van der Waals surface area contributed by atoms with Crippen LogP contribution in [0.1, 0.15) is 171 Å². The largest absolute Gasteiger partial charge is 0.508 e. The highest BCUT2D eigenvalue weighted by Gasteiger charge is 2.40. The number of carboxylic acids is 3. The Hall–Kier alpha value is -7.74. The first-order valence-electron chi connectivity index (χ1n) is 34.1. The number of carboxylic acid groups (broad SMARTS) is 3. The summed E-state index contributed by atoms with van der Waals surface area (Å²) >= 11 is 1.05. The van der Waals surface area contributed by atoms with Crippen molar-refractivity contribution in [2.75, 3.05) is 45.0 Å². The van der Waals surface area contributed by atoms with Crippen LogP contribution in [0, 0.1) is 35.5 Å². The van der Waals surface area contributed by atoms with Gasteiger partial charge in [-0.05, 0) is 93.6 Å². The van der Waals surface area contributed by atoms with E-state index in [1.165, 1.54) is 29.3 Å². The van der Waals surface area contributed by atoms with Gasteiger partial charge in [-0.3, -0.25) is 62.4 Å². The van der Waals surface area contributed by atoms with Gasteiger partial charge >= 0.3 is 35.9 Å². The Morgan fingerprint density at radius 2 is 1.48 bits per heavy atom. The number of likely N-dealkylation sites (tertiary alicyclic amines) is 1. The fourth-order valence-electron chi connectivity index (χ4n) is 11.6. The van der Waals surface area contributed by atoms with Crippen molar-refractivity contribution in [3.8, 4) is 5.75 Å². The van der Waals surface area contributed by atoms with Crippen LogP contribution in [0.25, 0.3) is 0 Å². The molecule has 4 rings (SSSR count). The molecule has 8 N–H and O–H groups in total. The van der Waals surface area contributed by atoms with Crippen LogP contribution in [0.3, 0.4) is 0 Å². The number of aromatic hydroxyl groups is 1. The van der Waals surface area contributed by atoms with Gasteiger partial charge in [0.25, 0.3) is 5.91 Å². The highest BCUT2D eigenvalue weighted by molar-refractivity contribution is 8.76. The Balaban J connectivity index is 1.39. The third-order valence-electron chi connectivity index (χ3n) is 17.6. The van der Waals surface area contributed by atoms with Gasteiger partial charge in [0.2, 0.25) is 11.8 Å². The van der Waals surface area contributed by atoms with Gasteiger partial charge in [-0.2, -0.15) is 0 Å². The number of Topliss-reactive ketones (excluding diaryl/α,β-unsaturated/α-hetero) is 4. The number of carbonyl (C=O) groups excluding carboxylic acids is 10. The molecule has 1 fully saturated rings. The standard InChI is InChI=1S/C70H98BN7O20S3/c1-9-16-63(87)97-40-78(67(90)52(42(5)10-2)35-59(83)56-19-14-15-26-77(56)8)57(41(3)4)36-61(98-44(7)79)66-75-55(39-99-66)65(89)73-49(30-46-20-22-50(80)23-21-46)29-43(6)60(84)37-72-70(95)96-27-28-100-101-38-48(68(91)92)33-58(82)54(31-45-17-12-11-13-18-45)74-64(88)47(34-62(85)86)32-51(81)24-25-53(76-71)69(93)94/h11-13,17-18,20-23,39,41-43,47-49,52-54,56-57,61,76,80H,9-10,14-16,19,24-38,40H2,1-8H3,(H,72,95)(H,73,89)(H,74,88)(H,85,86)(H,91,92)(H,93,94)/t42?,43-,47-,48-,49+,52-,53-,54-,56+,57+,61-/m0/s1. The number of nitrogens with zero attached hydrogens (tertiary/aromatic N) is 3. The summed E-state index contributed by atoms with van der Waals surface area (Å²) in [6.07, 6.45) is -0.629. The van der Waals surface area contributed by atoms with Gasteiger partial charge in [-0.1, -0.05) is 118 Å². The average molecular weight is 1460 g/mol. The summed E-state index contributed by atoms with van der Waals surface area (Å²) in [6, 6.07) is 10.3. The number of esters is 2. The number of ketones is 4. The number of aromatic nitrogens is 1. The van der Waals surface area contributed by atoms with Crippen LogP contribution in [0.4, 0.5) is 4.79 Å². The number of likely N-dealkylation sites (N-methyl/N-ethyl adjacent to an activating group) is 1. The van der Waals surface area contributed by atoms with Crippen molar-refractivity contribution in [3.05, 3.63) is 81.8 Å². The predicted molar refractivity (Wildman–Crippen MR) is 379 cm³/mol. The molecule has 0 aliphatic carbocycles. The number of benzene rings is 2. The number of thiazole rings is 1. The van der Waals surface area contributed by atoms with E-state index in [2.05, 4.69) is 26.2 Å². The van der Waals surface area contributed by atoms with E-state index < -0.39 is 152 Å². The molecule has 2 radical (unpaired) electrons. The summed E-state index contributed by atoms with van der Waals surface area (Å²) < 4.78 is 16.9. The Morgan fingerprint density at radius 3 is 2.09 bits per heavy atom. The molecule has 101 heavy (non-hydrogen) atoms. The topological polar surface area (TPSA) is 398 Å². The normalized spacial score (nSPS) is 16.1. The van der Waals surface area contributed by atoms with Crippen LogP contribution in [-0.2, 0) is 79.8 Å². The van der Waals surface area contributed by atoms with Crippen LogP contribution in [-0.4, -0.2) is 195 Å². The van der Waals surface area contributed by atoms with E-state index in [0.717, 1.165) is 52.3 Å². The van der Waals surface area contributed by atoms with Gasteiger partial charge in [-0.25, -0.2) is 9.78 Å². The molecule has 1 aliphatic rings. The second kappa shape index (κ2) is 44.6. The summed E-state index contributed by atoms with van der Waals surface area (Å²) in [4.78, 5) is 180. The number of hydrogen-bond acceptors (Lipinski definition) is 23. The highest BCUT2D eigenvalue weighted by Crippen LogP contribution is 2.35. The summed E-state index contributed by atoms with van der Waals surface area (Å²) in [5, 5.41) is 50.7. The maximum absolute atomic E-state index is 15.1. The SMILES string of the molecule is [B]N[C@@H](CCC(=O)C[C@@H](CC(=O)O)C(=O)N[C@@H](Cc1ccccc1)C(=O)C[C@@H](CSSCCOC(=O)NCC(=O)[C@@H](C)C[C@H](Cc1ccc(O)cc1)NC(=O)c1csc([C@H](C[C@H](C(C)C)N(COC(=O)CCC)C(=O)[C@@H](CC(=O)[C@H]2CCCCN2C)C(C)CC)OC(C)=O)n1)C(=O)O)C(=O)O. The van der Waals surface area contributed by atoms with E-state index in [1.54, 1.807) is 49.4 Å². The summed E-state index contributed by atoms with van der Waals surface area (Å²) in [5.74, 6) is -13.7. The van der Waals surface area contributed by atoms with E-state index in [0.29, 0.717) is 30.4 Å². The van der Waals surface area contributed by atoms with Gasteiger partial charge in [0, 0.05) is 86.3 Å². The molecule has 27 nitrogen and oxygen atoms in total. The molecular formula is C70H98BN7O20S3. The van der Waals surface area contributed by atoms with Crippen LogP contribution >= 0.6 is 32.9 Å². The van der Waals surface area contributed by atoms with Crippen LogP contribution in [0.5, 0.6) is 5.75 Å². The summed E-state index contributed by atoms with van der Waals surface area (Å²) in [7, 11) is 9.36. The smallest absolute Gasteiger partial charge is 0.407 e. The quantitative estimate of drug-likeness (QED) is 0.00677. The molecule has 2 aromatic carbocycles. The maximum Gasteiger partial charge on any atom is 0.407 e. The van der Waals surface area contributed by atoms with Crippen molar-refractivity contribution >= 4 is 118 Å². The van der Waals surface area contributed by atoms with Crippen LogP contribution in [0.15, 0.2) is 60.0 Å². The molecule has 0 spiro atoms. The first kappa shape index (κ1) is 85.7. The molecule has 2 heterocycles. The monoisotopic (exact) mass is 1460 g/mol. The maximum atomic E-state index is 15.1. The first-order valence-corrected chi connectivity index (χ1v) is 37.4. The van der Waals surface area contributed by atoms with E-state index in [9.17, 15) is 78.0 Å². The fourth-order valence-corrected chi connectivity index (χ4v) is 14.6. The van der Waals surface area contributed by atoms with Gasteiger partial charge in [-0.15, -0.1) is 11.3 Å². The number of ether oxygens (including phenoxy) is 3. The van der Waals surface area contributed by atoms with Crippen molar-refractivity contribution in [2.24, 2.45) is 35.5 Å². The Morgan fingerprint density at radius 1 is 0.782 bits per heavy atom.